The smallest absolute Gasteiger partial charge is 0.344 e. The summed E-state index contributed by atoms with van der Waals surface area (Å²) in [5.74, 6) is -0.427. The lowest BCUT2D eigenvalue weighted by molar-refractivity contribution is -0.150. The quantitative estimate of drug-likeness (QED) is 0.786. The molecule has 1 N–H and O–H groups in total. The summed E-state index contributed by atoms with van der Waals surface area (Å²) in [6, 6.07) is 6.60. The molecule has 6 heteroatoms. The molecule has 1 rings (SSSR count). The first kappa shape index (κ1) is 17.3. The van der Waals surface area contributed by atoms with Crippen molar-refractivity contribution in [2.24, 2.45) is 0 Å². The van der Waals surface area contributed by atoms with Crippen molar-refractivity contribution >= 4 is 23.5 Å². The van der Waals surface area contributed by atoms with Crippen molar-refractivity contribution in [2.75, 3.05) is 13.2 Å². The van der Waals surface area contributed by atoms with Gasteiger partial charge in [0.1, 0.15) is 5.75 Å². The van der Waals surface area contributed by atoms with Crippen LogP contribution in [0.5, 0.6) is 5.75 Å². The molecule has 1 amide bonds. The molecule has 0 unspecified atom stereocenters. The van der Waals surface area contributed by atoms with Crippen LogP contribution in [0.15, 0.2) is 24.3 Å². The molecule has 0 aromatic heterocycles. The minimum atomic E-state index is -0.602. The van der Waals surface area contributed by atoms with E-state index in [0.717, 1.165) is 6.42 Å². The Morgan fingerprint density at radius 2 is 1.81 bits per heavy atom. The van der Waals surface area contributed by atoms with Gasteiger partial charge in [-0.05, 0) is 44.5 Å². The largest absolute Gasteiger partial charge is 0.482 e. The first-order chi connectivity index (χ1) is 9.82. The van der Waals surface area contributed by atoms with Crippen LogP contribution >= 0.6 is 11.6 Å². The van der Waals surface area contributed by atoms with Crippen LogP contribution in [0.1, 0.15) is 27.2 Å². The lowest BCUT2D eigenvalue weighted by Gasteiger charge is -2.24. The highest BCUT2D eigenvalue weighted by atomic mass is 35.5. The number of esters is 1. The van der Waals surface area contributed by atoms with E-state index in [1.54, 1.807) is 24.3 Å². The molecule has 0 aliphatic carbocycles. The lowest BCUT2D eigenvalue weighted by Crippen LogP contribution is -2.44. The maximum absolute atomic E-state index is 11.6. The molecule has 21 heavy (non-hydrogen) atoms. The Morgan fingerprint density at radius 3 is 2.38 bits per heavy atom. The van der Waals surface area contributed by atoms with Crippen molar-refractivity contribution < 1.29 is 19.1 Å². The van der Waals surface area contributed by atoms with Crippen LogP contribution in [0, 0.1) is 0 Å². The SMILES string of the molecule is CCC(C)(C)NC(=O)COC(=O)COc1ccc(Cl)cc1. The normalized spacial score (nSPS) is 10.9. The number of nitrogens with one attached hydrogen (secondary N) is 1. The second kappa shape index (κ2) is 7.88. The van der Waals surface area contributed by atoms with Gasteiger partial charge in [0, 0.05) is 10.6 Å². The van der Waals surface area contributed by atoms with Gasteiger partial charge in [-0.1, -0.05) is 18.5 Å². The molecule has 0 saturated carbocycles. The fraction of sp³-hybridized carbons (Fsp3) is 0.467. The predicted octanol–water partition coefficient (Wildman–Crippen LogP) is 2.57. The number of hydrogen-bond donors (Lipinski definition) is 1. The second-order valence-electron chi connectivity index (χ2n) is 5.19. The molecule has 0 atom stereocenters. The third-order valence-electron chi connectivity index (χ3n) is 2.90. The van der Waals surface area contributed by atoms with Crippen LogP contribution in [-0.2, 0) is 14.3 Å². The van der Waals surface area contributed by atoms with Gasteiger partial charge in [-0.2, -0.15) is 0 Å². The lowest BCUT2D eigenvalue weighted by atomic mass is 10.0. The average molecular weight is 314 g/mol. The molecule has 0 bridgehead atoms. The fourth-order valence-electron chi connectivity index (χ4n) is 1.36. The minimum Gasteiger partial charge on any atom is -0.482 e. The molecule has 1 aromatic rings. The standard InChI is InChI=1S/C15H20ClNO4/c1-4-15(2,3)17-13(18)9-21-14(19)10-20-12-7-5-11(16)6-8-12/h5-8H,4,9-10H2,1-3H3,(H,17,18). The first-order valence-electron chi connectivity index (χ1n) is 6.67. The van der Waals surface area contributed by atoms with E-state index < -0.39 is 5.97 Å². The Labute approximate surface area is 129 Å². The fourth-order valence-corrected chi connectivity index (χ4v) is 1.49. The molecule has 0 heterocycles. The number of carbonyl (C=O) groups excluding carboxylic acids is 2. The summed E-state index contributed by atoms with van der Waals surface area (Å²) in [7, 11) is 0. The number of ether oxygens (including phenoxy) is 2. The summed E-state index contributed by atoms with van der Waals surface area (Å²) >= 11 is 5.73. The number of hydrogen-bond acceptors (Lipinski definition) is 4. The summed E-state index contributed by atoms with van der Waals surface area (Å²) in [6.07, 6.45) is 0.784. The molecule has 116 valence electrons. The average Bonchev–Trinajstić information content (AvgIpc) is 2.44. The number of rotatable bonds is 7. The van der Waals surface area contributed by atoms with Crippen LogP contribution < -0.4 is 10.1 Å². The van der Waals surface area contributed by atoms with Gasteiger partial charge in [-0.3, -0.25) is 4.79 Å². The summed E-state index contributed by atoms with van der Waals surface area (Å²) in [6.45, 7) is 5.19. The van der Waals surface area contributed by atoms with Crippen molar-refractivity contribution in [2.45, 2.75) is 32.7 Å². The van der Waals surface area contributed by atoms with Crippen LogP contribution in [0.4, 0.5) is 0 Å². The Bertz CT molecular complexity index is 485. The minimum absolute atomic E-state index is 0.258. The molecular formula is C15H20ClNO4. The zero-order chi connectivity index (χ0) is 15.9. The monoisotopic (exact) mass is 313 g/mol. The van der Waals surface area contributed by atoms with Crippen molar-refractivity contribution in [3.63, 3.8) is 0 Å². The van der Waals surface area contributed by atoms with E-state index >= 15 is 0 Å². The highest BCUT2D eigenvalue weighted by Crippen LogP contribution is 2.15. The van der Waals surface area contributed by atoms with E-state index in [0.29, 0.717) is 10.8 Å². The van der Waals surface area contributed by atoms with E-state index in [9.17, 15) is 9.59 Å². The highest BCUT2D eigenvalue weighted by molar-refractivity contribution is 6.30. The Kier molecular flexibility index (Phi) is 6.49. The molecule has 0 spiro atoms. The Hall–Kier alpha value is -1.75. The molecule has 0 aliphatic heterocycles. The van der Waals surface area contributed by atoms with Gasteiger partial charge in [-0.15, -0.1) is 0 Å². The predicted molar refractivity (Wildman–Crippen MR) is 80.4 cm³/mol. The van der Waals surface area contributed by atoms with Gasteiger partial charge < -0.3 is 14.8 Å². The van der Waals surface area contributed by atoms with Crippen LogP contribution in [0.2, 0.25) is 5.02 Å². The number of carbonyl (C=O) groups is 2. The van der Waals surface area contributed by atoms with Gasteiger partial charge in [0.15, 0.2) is 13.2 Å². The number of benzene rings is 1. The maximum Gasteiger partial charge on any atom is 0.344 e. The molecule has 0 saturated heterocycles. The third-order valence-corrected chi connectivity index (χ3v) is 3.15. The van der Waals surface area contributed by atoms with Crippen LogP contribution in [0.25, 0.3) is 0 Å². The first-order valence-corrected chi connectivity index (χ1v) is 7.05. The maximum atomic E-state index is 11.6. The van der Waals surface area contributed by atoms with Crippen molar-refractivity contribution in [1.82, 2.24) is 5.32 Å². The number of halogens is 1. The van der Waals surface area contributed by atoms with Gasteiger partial charge in [-0.25, -0.2) is 4.79 Å². The zero-order valence-electron chi connectivity index (χ0n) is 12.4. The Balaban J connectivity index is 2.28. The molecule has 0 radical (unpaired) electrons. The van der Waals surface area contributed by atoms with Gasteiger partial charge >= 0.3 is 5.97 Å². The zero-order valence-corrected chi connectivity index (χ0v) is 13.2. The van der Waals surface area contributed by atoms with Crippen LogP contribution in [-0.4, -0.2) is 30.6 Å². The summed E-state index contributed by atoms with van der Waals surface area (Å²) in [4.78, 5) is 23.1. The van der Waals surface area contributed by atoms with Crippen LogP contribution in [0.3, 0.4) is 0 Å². The number of amides is 1. The van der Waals surface area contributed by atoms with E-state index in [-0.39, 0.29) is 24.7 Å². The molecule has 0 fully saturated rings. The second-order valence-corrected chi connectivity index (χ2v) is 5.63. The van der Waals surface area contributed by atoms with E-state index in [1.165, 1.54) is 0 Å². The van der Waals surface area contributed by atoms with Crippen molar-refractivity contribution in [3.05, 3.63) is 29.3 Å². The summed E-state index contributed by atoms with van der Waals surface area (Å²) in [5, 5.41) is 3.35. The van der Waals surface area contributed by atoms with E-state index in [2.05, 4.69) is 5.32 Å². The van der Waals surface area contributed by atoms with E-state index in [1.807, 2.05) is 20.8 Å². The van der Waals surface area contributed by atoms with Crippen molar-refractivity contribution in [1.29, 1.82) is 0 Å². The van der Waals surface area contributed by atoms with Gasteiger partial charge in [0.05, 0.1) is 0 Å². The molecule has 0 aliphatic rings. The van der Waals surface area contributed by atoms with E-state index in [4.69, 9.17) is 21.1 Å². The third kappa shape index (κ3) is 6.99. The van der Waals surface area contributed by atoms with Gasteiger partial charge in [0.25, 0.3) is 5.91 Å². The summed E-state index contributed by atoms with van der Waals surface area (Å²) < 4.78 is 10.0. The Morgan fingerprint density at radius 1 is 1.19 bits per heavy atom. The molecular weight excluding hydrogens is 294 g/mol. The molecule has 1 aromatic carbocycles. The summed E-state index contributed by atoms with van der Waals surface area (Å²) in [5.41, 5.74) is -0.316. The van der Waals surface area contributed by atoms with Gasteiger partial charge in [0.2, 0.25) is 0 Å². The molecule has 5 nitrogen and oxygen atoms in total. The van der Waals surface area contributed by atoms with Crippen molar-refractivity contribution in [3.8, 4) is 5.75 Å². The highest BCUT2D eigenvalue weighted by Gasteiger charge is 2.18. The topological polar surface area (TPSA) is 64.6 Å².